The van der Waals surface area contributed by atoms with Gasteiger partial charge < -0.3 is 14.8 Å². The van der Waals surface area contributed by atoms with Gasteiger partial charge in [-0.3, -0.25) is 0 Å². The number of hydrogen-bond acceptors (Lipinski definition) is 7. The molecule has 10 heteroatoms. The molecule has 2 aliphatic rings. The van der Waals surface area contributed by atoms with Crippen molar-refractivity contribution in [2.24, 2.45) is 0 Å². The van der Waals surface area contributed by atoms with Crippen LogP contribution in [0.15, 0.2) is 83.9 Å². The largest absolute Gasteiger partial charge is 0.371 e. The second-order valence-electron chi connectivity index (χ2n) is 8.86. The number of sulfonamides is 1. The van der Waals surface area contributed by atoms with E-state index in [2.05, 4.69) is 20.0 Å². The van der Waals surface area contributed by atoms with E-state index in [1.165, 1.54) is 12.1 Å². The van der Waals surface area contributed by atoms with Gasteiger partial charge in [0.25, 0.3) is 0 Å². The molecule has 0 radical (unpaired) electrons. The first kappa shape index (κ1) is 23.0. The van der Waals surface area contributed by atoms with Gasteiger partial charge in [-0.05, 0) is 41.1 Å². The molecular formula is C26H23FN4O4S. The molecule has 1 aromatic heterocycles. The number of rotatable bonds is 6. The van der Waals surface area contributed by atoms with Crippen molar-refractivity contribution in [3.63, 3.8) is 0 Å². The van der Waals surface area contributed by atoms with E-state index in [1.807, 2.05) is 24.3 Å². The highest BCUT2D eigenvalue weighted by Crippen LogP contribution is 2.30. The van der Waals surface area contributed by atoms with Crippen LogP contribution >= 0.6 is 0 Å². The summed E-state index contributed by atoms with van der Waals surface area (Å²) in [6.45, 7) is 0.488. The molecule has 4 aromatic rings. The lowest BCUT2D eigenvalue weighted by molar-refractivity contribution is 0.0690. The van der Waals surface area contributed by atoms with Crippen LogP contribution in [-0.2, 0) is 19.5 Å². The fourth-order valence-corrected chi connectivity index (χ4v) is 5.99. The Morgan fingerprint density at radius 1 is 0.861 bits per heavy atom. The molecule has 4 atom stereocenters. The Bertz CT molecular complexity index is 1530. The third-order valence-electron chi connectivity index (χ3n) is 6.48. The summed E-state index contributed by atoms with van der Waals surface area (Å²) < 4.78 is 54.5. The molecule has 3 aromatic carbocycles. The van der Waals surface area contributed by atoms with E-state index in [4.69, 9.17) is 9.47 Å². The molecule has 0 amide bonds. The lowest BCUT2D eigenvalue weighted by Gasteiger charge is -2.18. The molecule has 2 fully saturated rings. The number of fused-ring (bicyclic) bond motifs is 2. The average molecular weight is 507 g/mol. The van der Waals surface area contributed by atoms with Crippen molar-refractivity contribution in [3.05, 3.63) is 84.8 Å². The van der Waals surface area contributed by atoms with Gasteiger partial charge in [0.15, 0.2) is 0 Å². The van der Waals surface area contributed by atoms with Crippen molar-refractivity contribution in [2.45, 2.75) is 29.2 Å². The Labute approximate surface area is 207 Å². The molecule has 0 spiro atoms. The number of anilines is 1. The summed E-state index contributed by atoms with van der Waals surface area (Å²) in [6, 6.07) is 19.7. The van der Waals surface area contributed by atoms with E-state index in [9.17, 15) is 12.8 Å². The van der Waals surface area contributed by atoms with Crippen molar-refractivity contribution < 1.29 is 22.3 Å². The number of ether oxygens (including phenoxy) is 2. The number of nitrogens with zero attached hydrogens (tertiary/aromatic N) is 2. The molecule has 0 saturated carbocycles. The van der Waals surface area contributed by atoms with Gasteiger partial charge in [0.1, 0.15) is 18.0 Å². The van der Waals surface area contributed by atoms with E-state index < -0.39 is 22.2 Å². The fraction of sp³-hybridized carbons (Fsp3) is 0.231. The van der Waals surface area contributed by atoms with Crippen molar-refractivity contribution in [2.75, 3.05) is 18.5 Å². The first-order chi connectivity index (χ1) is 17.5. The van der Waals surface area contributed by atoms with E-state index in [1.54, 1.807) is 42.6 Å². The van der Waals surface area contributed by atoms with Crippen LogP contribution < -0.4 is 10.0 Å². The van der Waals surface area contributed by atoms with E-state index in [0.29, 0.717) is 23.8 Å². The lowest BCUT2D eigenvalue weighted by atomic mass is 10.1. The zero-order valence-electron chi connectivity index (χ0n) is 19.0. The number of nitrogens with one attached hydrogen (secondary N) is 2. The zero-order valence-corrected chi connectivity index (χ0v) is 19.9. The van der Waals surface area contributed by atoms with Crippen LogP contribution in [0.5, 0.6) is 0 Å². The van der Waals surface area contributed by atoms with E-state index in [-0.39, 0.29) is 29.5 Å². The Morgan fingerprint density at radius 2 is 1.64 bits per heavy atom. The maximum absolute atomic E-state index is 13.6. The number of aromatic nitrogens is 2. The highest BCUT2D eigenvalue weighted by molar-refractivity contribution is 7.89. The molecule has 36 heavy (non-hydrogen) atoms. The summed E-state index contributed by atoms with van der Waals surface area (Å²) in [5.74, 6) is 0.0130. The van der Waals surface area contributed by atoms with Gasteiger partial charge in [-0.2, -0.15) is 0 Å². The predicted octanol–water partition coefficient (Wildman–Crippen LogP) is 3.36. The third kappa shape index (κ3) is 4.44. The second kappa shape index (κ2) is 9.21. The Balaban J connectivity index is 1.15. The number of benzene rings is 3. The molecule has 0 bridgehead atoms. The van der Waals surface area contributed by atoms with Gasteiger partial charge in [-0.25, -0.2) is 27.5 Å². The normalized spacial score (nSPS) is 23.6. The topological polar surface area (TPSA) is 102 Å². The van der Waals surface area contributed by atoms with Crippen molar-refractivity contribution >= 4 is 26.7 Å². The summed E-state index contributed by atoms with van der Waals surface area (Å²) in [7, 11) is -3.78. The van der Waals surface area contributed by atoms with E-state index >= 15 is 0 Å². The molecule has 6 rings (SSSR count). The third-order valence-corrected chi connectivity index (χ3v) is 7.97. The molecule has 8 nitrogen and oxygen atoms in total. The van der Waals surface area contributed by atoms with Gasteiger partial charge in [0.05, 0.1) is 35.9 Å². The lowest BCUT2D eigenvalue weighted by Crippen LogP contribution is -2.44. The standard InChI is InChI=1S/C26H23FN4O4S/c27-19-7-3-6-18(12-19)21-10-11-28-26(29-21)30-22-14-34-25-23(15-35-24(22)25)31-36(32,33)20-9-8-16-4-1-2-5-17(16)13-20/h1-13,22-25,31H,14-15H2,(H,28,29,30)/t22-,23-,24+,25+/m0/s1. The molecular weight excluding hydrogens is 483 g/mol. The van der Waals surface area contributed by atoms with Gasteiger partial charge in [-0.1, -0.05) is 42.5 Å². The minimum absolute atomic E-state index is 0.185. The number of halogens is 1. The summed E-state index contributed by atoms with van der Waals surface area (Å²) >= 11 is 0. The second-order valence-corrected chi connectivity index (χ2v) is 10.6. The highest BCUT2D eigenvalue weighted by atomic mass is 32.2. The van der Waals surface area contributed by atoms with Gasteiger partial charge in [0.2, 0.25) is 16.0 Å². The zero-order chi connectivity index (χ0) is 24.7. The molecule has 2 N–H and O–H groups in total. The number of hydrogen-bond donors (Lipinski definition) is 2. The first-order valence-electron chi connectivity index (χ1n) is 11.6. The summed E-state index contributed by atoms with van der Waals surface area (Å²) in [5.41, 5.74) is 1.22. The summed E-state index contributed by atoms with van der Waals surface area (Å²) in [6.07, 6.45) is 0.763. The van der Waals surface area contributed by atoms with E-state index in [0.717, 1.165) is 10.8 Å². The smallest absolute Gasteiger partial charge is 0.241 e. The van der Waals surface area contributed by atoms with Crippen LogP contribution in [0.1, 0.15) is 0 Å². The van der Waals surface area contributed by atoms with Crippen LogP contribution in [0, 0.1) is 5.82 Å². The van der Waals surface area contributed by atoms with Gasteiger partial charge in [-0.15, -0.1) is 0 Å². The van der Waals surface area contributed by atoms with Crippen molar-refractivity contribution in [3.8, 4) is 11.3 Å². The molecule has 0 unspecified atom stereocenters. The van der Waals surface area contributed by atoms with Gasteiger partial charge in [0, 0.05) is 11.8 Å². The molecule has 2 aliphatic heterocycles. The Hall–Kier alpha value is -3.44. The highest BCUT2D eigenvalue weighted by Gasteiger charge is 2.49. The molecule has 184 valence electrons. The quantitative estimate of drug-likeness (QED) is 0.413. The van der Waals surface area contributed by atoms with Crippen molar-refractivity contribution in [1.29, 1.82) is 0 Å². The summed E-state index contributed by atoms with van der Waals surface area (Å²) in [5, 5.41) is 5.05. The maximum atomic E-state index is 13.6. The summed E-state index contributed by atoms with van der Waals surface area (Å²) in [4.78, 5) is 8.96. The molecule has 2 saturated heterocycles. The Morgan fingerprint density at radius 3 is 2.47 bits per heavy atom. The van der Waals surface area contributed by atoms with Crippen LogP contribution in [0.25, 0.3) is 22.0 Å². The van der Waals surface area contributed by atoms with Gasteiger partial charge >= 0.3 is 0 Å². The first-order valence-corrected chi connectivity index (χ1v) is 13.0. The molecule has 0 aliphatic carbocycles. The van der Waals surface area contributed by atoms with Crippen LogP contribution in [0.3, 0.4) is 0 Å². The van der Waals surface area contributed by atoms with Crippen LogP contribution in [0.4, 0.5) is 10.3 Å². The Kier molecular flexibility index (Phi) is 5.88. The molecule has 3 heterocycles. The minimum atomic E-state index is -3.78. The average Bonchev–Trinajstić information content (AvgIpc) is 3.47. The minimum Gasteiger partial charge on any atom is -0.371 e. The predicted molar refractivity (Wildman–Crippen MR) is 132 cm³/mol. The fourth-order valence-electron chi connectivity index (χ4n) is 4.73. The van der Waals surface area contributed by atoms with Crippen molar-refractivity contribution in [1.82, 2.24) is 14.7 Å². The van der Waals surface area contributed by atoms with Crippen LogP contribution in [-0.4, -0.2) is 55.9 Å². The monoisotopic (exact) mass is 506 g/mol. The SMILES string of the molecule is O=S(=O)(N[C@H]1CO[C@H]2[C@@H]1OC[C@@H]2Nc1nccc(-c2cccc(F)c2)n1)c1ccc2ccccc2c1. The maximum Gasteiger partial charge on any atom is 0.241 e. The van der Waals surface area contributed by atoms with Crippen LogP contribution in [0.2, 0.25) is 0 Å².